The van der Waals surface area contributed by atoms with Crippen LogP contribution < -0.4 is 10.9 Å². The van der Waals surface area contributed by atoms with Gasteiger partial charge in [0.25, 0.3) is 17.2 Å². The molecule has 10 heteroatoms. The number of nitrogens with zero attached hydrogens (tertiary/aromatic N) is 3. The van der Waals surface area contributed by atoms with E-state index in [0.717, 1.165) is 10.8 Å². The zero-order chi connectivity index (χ0) is 21.0. The minimum Gasteiger partial charge on any atom is -0.480 e. The van der Waals surface area contributed by atoms with Gasteiger partial charge in [-0.25, -0.2) is 4.98 Å². The molecule has 0 saturated heterocycles. The topological polar surface area (TPSA) is 144 Å². The minimum absolute atomic E-state index is 0.0705. The largest absolute Gasteiger partial charge is 0.480 e. The number of anilines is 1. The number of aliphatic carboxylic acids is 1. The molecule has 2 N–H and O–H groups in total. The summed E-state index contributed by atoms with van der Waals surface area (Å²) in [5, 5.41) is 22.6. The van der Waals surface area contributed by atoms with E-state index in [4.69, 9.17) is 0 Å². The third-order valence-corrected chi connectivity index (χ3v) is 3.94. The molecule has 29 heavy (non-hydrogen) atoms. The number of nitro groups is 1. The molecular weight excluding hydrogens is 380 g/mol. The second kappa shape index (κ2) is 8.13. The first-order valence-corrected chi connectivity index (χ1v) is 8.29. The Morgan fingerprint density at radius 1 is 1.14 bits per heavy atom. The lowest BCUT2D eigenvalue weighted by molar-refractivity contribution is -0.384. The fraction of sp³-hybridized carbons (Fsp3) is 0.0526. The van der Waals surface area contributed by atoms with Crippen molar-refractivity contribution < 1.29 is 19.6 Å². The molecule has 0 bridgehead atoms. The van der Waals surface area contributed by atoms with E-state index in [0.29, 0.717) is 5.56 Å². The van der Waals surface area contributed by atoms with Crippen molar-refractivity contribution in [2.75, 3.05) is 5.32 Å². The van der Waals surface area contributed by atoms with Crippen molar-refractivity contribution in [3.8, 4) is 11.4 Å². The Morgan fingerprint density at radius 3 is 2.52 bits per heavy atom. The molecule has 1 heterocycles. The molecule has 146 valence electrons. The van der Waals surface area contributed by atoms with Gasteiger partial charge in [-0.1, -0.05) is 30.3 Å². The maximum Gasteiger partial charge on any atom is 0.323 e. The molecule has 0 saturated carbocycles. The number of hydrogen-bond acceptors (Lipinski definition) is 6. The van der Waals surface area contributed by atoms with Gasteiger partial charge in [-0.05, 0) is 12.1 Å². The van der Waals surface area contributed by atoms with Crippen LogP contribution in [0.2, 0.25) is 0 Å². The van der Waals surface area contributed by atoms with Gasteiger partial charge in [-0.15, -0.1) is 0 Å². The number of carbonyl (C=O) groups is 2. The number of non-ortho nitro benzene ring substituents is 1. The Hall–Kier alpha value is -4.34. The third-order valence-electron chi connectivity index (χ3n) is 3.94. The van der Waals surface area contributed by atoms with Crippen LogP contribution in [0.4, 0.5) is 11.4 Å². The van der Waals surface area contributed by atoms with Gasteiger partial charge in [-0.2, -0.15) is 0 Å². The average Bonchev–Trinajstić information content (AvgIpc) is 2.71. The highest BCUT2D eigenvalue weighted by atomic mass is 16.6. The smallest absolute Gasteiger partial charge is 0.323 e. The molecule has 0 aliphatic rings. The van der Waals surface area contributed by atoms with Crippen LogP contribution in [0.15, 0.2) is 65.6 Å². The molecule has 3 rings (SSSR count). The van der Waals surface area contributed by atoms with Crippen LogP contribution in [0.5, 0.6) is 0 Å². The predicted molar refractivity (Wildman–Crippen MR) is 103 cm³/mol. The lowest BCUT2D eigenvalue weighted by Gasteiger charge is -2.12. The molecule has 0 fully saturated rings. The van der Waals surface area contributed by atoms with Crippen molar-refractivity contribution in [2.24, 2.45) is 0 Å². The Kier molecular flexibility index (Phi) is 5.44. The van der Waals surface area contributed by atoms with Crippen LogP contribution in [0.25, 0.3) is 11.4 Å². The van der Waals surface area contributed by atoms with Gasteiger partial charge in [0.05, 0.1) is 11.1 Å². The molecular formula is C19H14N4O6. The van der Waals surface area contributed by atoms with Gasteiger partial charge in [0, 0.05) is 23.3 Å². The van der Waals surface area contributed by atoms with Crippen LogP contribution in [0.3, 0.4) is 0 Å². The minimum atomic E-state index is -1.31. The molecule has 3 aromatic rings. The van der Waals surface area contributed by atoms with E-state index in [-0.39, 0.29) is 22.8 Å². The molecule has 0 atom stereocenters. The zero-order valence-electron chi connectivity index (χ0n) is 14.8. The number of carboxylic acids is 1. The van der Waals surface area contributed by atoms with Gasteiger partial charge >= 0.3 is 5.97 Å². The molecule has 1 amide bonds. The van der Waals surface area contributed by atoms with Crippen LogP contribution in [-0.4, -0.2) is 31.5 Å². The van der Waals surface area contributed by atoms with E-state index >= 15 is 0 Å². The quantitative estimate of drug-likeness (QED) is 0.481. The standard InChI is InChI=1S/C19H14N4O6/c24-16(25)11-22-17(13-7-4-8-14(9-13)23(28)29)20-10-15(19(22)27)21-18(26)12-5-2-1-3-6-12/h1-10H,11H2,(H,21,26)(H,24,25). The van der Waals surface area contributed by atoms with E-state index in [1.165, 1.54) is 24.3 Å². The van der Waals surface area contributed by atoms with Crippen molar-refractivity contribution in [3.05, 3.63) is 86.8 Å². The fourth-order valence-corrected chi connectivity index (χ4v) is 2.63. The lowest BCUT2D eigenvalue weighted by Crippen LogP contribution is -2.30. The average molecular weight is 394 g/mol. The lowest BCUT2D eigenvalue weighted by atomic mass is 10.2. The number of rotatable bonds is 6. The number of nitro benzene ring substituents is 1. The maximum absolute atomic E-state index is 12.8. The molecule has 0 spiro atoms. The second-order valence-corrected chi connectivity index (χ2v) is 5.91. The van der Waals surface area contributed by atoms with Crippen molar-refractivity contribution in [3.63, 3.8) is 0 Å². The molecule has 0 aliphatic carbocycles. The summed E-state index contributed by atoms with van der Waals surface area (Å²) in [4.78, 5) is 50.8. The predicted octanol–water partition coefficient (Wildman–Crippen LogP) is 2.16. The van der Waals surface area contributed by atoms with Crippen LogP contribution in [-0.2, 0) is 11.3 Å². The Bertz CT molecular complexity index is 1160. The zero-order valence-corrected chi connectivity index (χ0v) is 14.8. The number of carboxylic acid groups (broad SMARTS) is 1. The summed E-state index contributed by atoms with van der Waals surface area (Å²) in [6.45, 7) is -0.737. The number of nitrogens with one attached hydrogen (secondary N) is 1. The number of benzene rings is 2. The Balaban J connectivity index is 2.05. The van der Waals surface area contributed by atoms with Crippen LogP contribution >= 0.6 is 0 Å². The fourth-order valence-electron chi connectivity index (χ4n) is 2.63. The second-order valence-electron chi connectivity index (χ2n) is 5.91. The molecule has 0 aliphatic heterocycles. The number of amides is 1. The first-order chi connectivity index (χ1) is 13.9. The first kappa shape index (κ1) is 19.4. The van der Waals surface area contributed by atoms with Crippen molar-refractivity contribution in [1.29, 1.82) is 0 Å². The number of aromatic nitrogens is 2. The van der Waals surface area contributed by atoms with Crippen molar-refractivity contribution in [1.82, 2.24) is 9.55 Å². The van der Waals surface area contributed by atoms with E-state index in [9.17, 15) is 29.6 Å². The molecule has 0 radical (unpaired) electrons. The summed E-state index contributed by atoms with van der Waals surface area (Å²) in [5.74, 6) is -1.94. The summed E-state index contributed by atoms with van der Waals surface area (Å²) in [6.07, 6.45) is 1.09. The van der Waals surface area contributed by atoms with Gasteiger partial charge in [0.2, 0.25) is 0 Å². The summed E-state index contributed by atoms with van der Waals surface area (Å²) in [6, 6.07) is 13.5. The Morgan fingerprint density at radius 2 is 1.86 bits per heavy atom. The van der Waals surface area contributed by atoms with E-state index < -0.39 is 28.9 Å². The molecule has 0 unspecified atom stereocenters. The molecule has 2 aromatic carbocycles. The first-order valence-electron chi connectivity index (χ1n) is 8.29. The van der Waals surface area contributed by atoms with Gasteiger partial charge in [-0.3, -0.25) is 29.1 Å². The van der Waals surface area contributed by atoms with Gasteiger partial charge in [0.15, 0.2) is 0 Å². The molecule has 10 nitrogen and oxygen atoms in total. The van der Waals surface area contributed by atoms with Crippen molar-refractivity contribution >= 4 is 23.3 Å². The van der Waals surface area contributed by atoms with E-state index in [1.807, 2.05) is 0 Å². The van der Waals surface area contributed by atoms with Gasteiger partial charge in [0.1, 0.15) is 18.1 Å². The summed E-state index contributed by atoms with van der Waals surface area (Å²) in [5.41, 5.74) is -0.750. The van der Waals surface area contributed by atoms with Gasteiger partial charge < -0.3 is 10.4 Å². The summed E-state index contributed by atoms with van der Waals surface area (Å²) in [7, 11) is 0. The molecule has 1 aromatic heterocycles. The highest BCUT2D eigenvalue weighted by Gasteiger charge is 2.18. The van der Waals surface area contributed by atoms with Crippen molar-refractivity contribution in [2.45, 2.75) is 6.54 Å². The normalized spacial score (nSPS) is 10.3. The summed E-state index contributed by atoms with van der Waals surface area (Å²) >= 11 is 0. The SMILES string of the molecule is O=C(O)Cn1c(-c2cccc([N+](=O)[O-])c2)ncc(NC(=O)c2ccccc2)c1=O. The van der Waals surface area contributed by atoms with Crippen LogP contribution in [0, 0.1) is 10.1 Å². The Labute approximate surface area is 163 Å². The highest BCUT2D eigenvalue weighted by molar-refractivity contribution is 6.04. The monoisotopic (exact) mass is 394 g/mol. The van der Waals surface area contributed by atoms with E-state index in [1.54, 1.807) is 30.3 Å². The highest BCUT2D eigenvalue weighted by Crippen LogP contribution is 2.22. The number of carbonyl (C=O) groups excluding carboxylic acids is 1. The van der Waals surface area contributed by atoms with Crippen LogP contribution in [0.1, 0.15) is 10.4 Å². The maximum atomic E-state index is 12.8. The van der Waals surface area contributed by atoms with E-state index in [2.05, 4.69) is 10.3 Å². The third kappa shape index (κ3) is 4.33. The summed E-state index contributed by atoms with van der Waals surface area (Å²) < 4.78 is 0.835. The number of hydrogen-bond donors (Lipinski definition) is 2.